The van der Waals surface area contributed by atoms with Gasteiger partial charge in [-0.3, -0.25) is 0 Å². The Balaban J connectivity index is 0.00000288. The molecule has 1 heterocycles. The quantitative estimate of drug-likeness (QED) is 0.439. The van der Waals surface area contributed by atoms with E-state index in [1.807, 2.05) is 25.1 Å². The van der Waals surface area contributed by atoms with Crippen molar-refractivity contribution >= 4 is 36.0 Å². The zero-order chi connectivity index (χ0) is 16.5. The van der Waals surface area contributed by atoms with E-state index < -0.39 is 0 Å². The Morgan fingerprint density at radius 1 is 1.12 bits per heavy atom. The van der Waals surface area contributed by atoms with E-state index in [0.717, 1.165) is 25.6 Å². The molecular formula is C17H27IN4O2. The van der Waals surface area contributed by atoms with Crippen molar-refractivity contribution in [1.82, 2.24) is 15.1 Å². The number of piperazine rings is 1. The van der Waals surface area contributed by atoms with Gasteiger partial charge in [0.15, 0.2) is 5.96 Å². The lowest BCUT2D eigenvalue weighted by Gasteiger charge is -2.35. The first kappa shape index (κ1) is 20.5. The lowest BCUT2D eigenvalue weighted by Crippen LogP contribution is -2.53. The summed E-state index contributed by atoms with van der Waals surface area (Å²) in [5.74, 6) is 0.903. The number of amides is 1. The van der Waals surface area contributed by atoms with Crippen LogP contribution in [0.2, 0.25) is 0 Å². The minimum Gasteiger partial charge on any atom is -0.450 e. The molecule has 7 heteroatoms. The van der Waals surface area contributed by atoms with Gasteiger partial charge in [-0.2, -0.15) is 0 Å². The van der Waals surface area contributed by atoms with Gasteiger partial charge in [-0.1, -0.05) is 30.3 Å². The Morgan fingerprint density at radius 2 is 1.75 bits per heavy atom. The van der Waals surface area contributed by atoms with Gasteiger partial charge in [0.25, 0.3) is 0 Å². The van der Waals surface area contributed by atoms with Crippen molar-refractivity contribution in [3.63, 3.8) is 0 Å². The second kappa shape index (κ2) is 11.1. The van der Waals surface area contributed by atoms with Gasteiger partial charge in [0.05, 0.1) is 13.2 Å². The highest BCUT2D eigenvalue weighted by Gasteiger charge is 2.23. The molecule has 1 aromatic rings. The molecule has 1 aromatic carbocycles. The van der Waals surface area contributed by atoms with Crippen molar-refractivity contribution in [2.45, 2.75) is 20.4 Å². The average molecular weight is 446 g/mol. The van der Waals surface area contributed by atoms with Gasteiger partial charge in [-0.25, -0.2) is 9.79 Å². The number of carbonyl (C=O) groups excluding carboxylic acids is 1. The lowest BCUT2D eigenvalue weighted by atomic mass is 10.2. The summed E-state index contributed by atoms with van der Waals surface area (Å²) in [5.41, 5.74) is 1.19. The Hall–Kier alpha value is -1.51. The minimum atomic E-state index is -0.224. The van der Waals surface area contributed by atoms with Crippen LogP contribution in [-0.4, -0.2) is 61.2 Å². The molecule has 1 N–H and O–H groups in total. The van der Waals surface area contributed by atoms with Crippen LogP contribution in [0.5, 0.6) is 0 Å². The zero-order valence-corrected chi connectivity index (χ0v) is 16.7. The van der Waals surface area contributed by atoms with Crippen LogP contribution in [-0.2, 0) is 11.3 Å². The molecule has 0 aliphatic carbocycles. The first-order valence-electron chi connectivity index (χ1n) is 8.23. The summed E-state index contributed by atoms with van der Waals surface area (Å²) in [7, 11) is 0. The Labute approximate surface area is 161 Å². The molecule has 1 aliphatic heterocycles. The van der Waals surface area contributed by atoms with Gasteiger partial charge in [-0.15, -0.1) is 24.0 Å². The van der Waals surface area contributed by atoms with E-state index in [1.54, 1.807) is 4.90 Å². The van der Waals surface area contributed by atoms with Crippen LogP contribution in [0.4, 0.5) is 4.79 Å². The number of rotatable bonds is 4. The van der Waals surface area contributed by atoms with Gasteiger partial charge in [0, 0.05) is 32.7 Å². The van der Waals surface area contributed by atoms with E-state index >= 15 is 0 Å². The minimum absolute atomic E-state index is 0. The molecule has 0 atom stereocenters. The van der Waals surface area contributed by atoms with Crippen LogP contribution in [0.3, 0.4) is 0 Å². The van der Waals surface area contributed by atoms with Crippen molar-refractivity contribution in [2.24, 2.45) is 4.99 Å². The first-order chi connectivity index (χ1) is 11.2. The summed E-state index contributed by atoms with van der Waals surface area (Å²) < 4.78 is 5.05. The maximum atomic E-state index is 11.8. The number of carbonyl (C=O) groups is 1. The predicted octanol–water partition coefficient (Wildman–Crippen LogP) is 2.54. The summed E-state index contributed by atoms with van der Waals surface area (Å²) in [6.45, 7) is 8.63. The predicted molar refractivity (Wildman–Crippen MR) is 107 cm³/mol. The second-order valence-corrected chi connectivity index (χ2v) is 5.33. The fourth-order valence-corrected chi connectivity index (χ4v) is 2.49. The highest BCUT2D eigenvalue weighted by Crippen LogP contribution is 2.06. The number of benzene rings is 1. The summed E-state index contributed by atoms with van der Waals surface area (Å²) >= 11 is 0. The van der Waals surface area contributed by atoms with E-state index in [-0.39, 0.29) is 30.1 Å². The molecule has 1 fully saturated rings. The maximum Gasteiger partial charge on any atom is 0.409 e. The highest BCUT2D eigenvalue weighted by molar-refractivity contribution is 14.0. The number of nitrogens with one attached hydrogen (secondary N) is 1. The van der Waals surface area contributed by atoms with E-state index in [2.05, 4.69) is 29.3 Å². The van der Waals surface area contributed by atoms with Crippen molar-refractivity contribution < 1.29 is 9.53 Å². The fourth-order valence-electron chi connectivity index (χ4n) is 2.49. The molecule has 2 rings (SSSR count). The summed E-state index contributed by atoms with van der Waals surface area (Å²) in [4.78, 5) is 20.4. The van der Waals surface area contributed by atoms with Gasteiger partial charge >= 0.3 is 6.09 Å². The third kappa shape index (κ3) is 6.18. The topological polar surface area (TPSA) is 57.2 Å². The Kier molecular flexibility index (Phi) is 9.51. The monoisotopic (exact) mass is 446 g/mol. The normalized spacial score (nSPS) is 14.8. The standard InChI is InChI=1S/C17H26N4O2.HI/c1-3-18-16(19-14-15-8-6-5-7-9-15)20-10-12-21(13-11-20)17(22)23-4-2;/h5-9H,3-4,10-14H2,1-2H3,(H,18,19);1H. The molecule has 0 unspecified atom stereocenters. The number of halogens is 1. The summed E-state index contributed by atoms with van der Waals surface area (Å²) in [6.07, 6.45) is -0.224. The van der Waals surface area contributed by atoms with Crippen LogP contribution in [0, 0.1) is 0 Å². The van der Waals surface area contributed by atoms with Gasteiger partial charge in [0.1, 0.15) is 0 Å². The number of nitrogens with zero attached hydrogens (tertiary/aromatic N) is 3. The van der Waals surface area contributed by atoms with Crippen LogP contribution in [0.1, 0.15) is 19.4 Å². The molecule has 0 radical (unpaired) electrons. The van der Waals surface area contributed by atoms with E-state index in [1.165, 1.54) is 5.56 Å². The molecule has 6 nitrogen and oxygen atoms in total. The zero-order valence-electron chi connectivity index (χ0n) is 14.4. The molecular weight excluding hydrogens is 419 g/mol. The number of guanidine groups is 1. The molecule has 0 spiro atoms. The fraction of sp³-hybridized carbons (Fsp3) is 0.529. The molecule has 0 aromatic heterocycles. The first-order valence-corrected chi connectivity index (χ1v) is 8.23. The van der Waals surface area contributed by atoms with Crippen LogP contribution < -0.4 is 5.32 Å². The van der Waals surface area contributed by atoms with Crippen LogP contribution in [0.15, 0.2) is 35.3 Å². The van der Waals surface area contributed by atoms with Gasteiger partial charge in [-0.05, 0) is 19.4 Å². The van der Waals surface area contributed by atoms with E-state index in [4.69, 9.17) is 9.73 Å². The smallest absolute Gasteiger partial charge is 0.409 e. The molecule has 24 heavy (non-hydrogen) atoms. The summed E-state index contributed by atoms with van der Waals surface area (Å²) in [6, 6.07) is 10.2. The number of hydrogen-bond donors (Lipinski definition) is 1. The number of aliphatic imine (C=N–C) groups is 1. The SMILES string of the molecule is CCNC(=NCc1ccccc1)N1CCN(C(=O)OCC)CC1.I. The van der Waals surface area contributed by atoms with E-state index in [0.29, 0.717) is 26.2 Å². The third-order valence-electron chi connectivity index (χ3n) is 3.69. The molecule has 0 bridgehead atoms. The van der Waals surface area contributed by atoms with Gasteiger partial charge < -0.3 is 19.9 Å². The second-order valence-electron chi connectivity index (χ2n) is 5.33. The largest absolute Gasteiger partial charge is 0.450 e. The van der Waals surface area contributed by atoms with Crippen molar-refractivity contribution in [2.75, 3.05) is 39.3 Å². The van der Waals surface area contributed by atoms with Crippen molar-refractivity contribution in [3.05, 3.63) is 35.9 Å². The molecule has 1 aliphatic rings. The van der Waals surface area contributed by atoms with Gasteiger partial charge in [0.2, 0.25) is 0 Å². The Morgan fingerprint density at radius 3 is 2.33 bits per heavy atom. The Bertz CT molecular complexity index is 517. The van der Waals surface area contributed by atoms with Crippen molar-refractivity contribution in [3.8, 4) is 0 Å². The van der Waals surface area contributed by atoms with Crippen LogP contribution >= 0.6 is 24.0 Å². The average Bonchev–Trinajstić information content (AvgIpc) is 2.60. The number of ether oxygens (including phenoxy) is 1. The summed E-state index contributed by atoms with van der Waals surface area (Å²) in [5, 5.41) is 3.33. The third-order valence-corrected chi connectivity index (χ3v) is 3.69. The molecule has 0 saturated carbocycles. The molecule has 134 valence electrons. The van der Waals surface area contributed by atoms with Crippen molar-refractivity contribution in [1.29, 1.82) is 0 Å². The van der Waals surface area contributed by atoms with Crippen LogP contribution in [0.25, 0.3) is 0 Å². The molecule has 1 saturated heterocycles. The highest BCUT2D eigenvalue weighted by atomic mass is 127. The molecule has 1 amide bonds. The maximum absolute atomic E-state index is 11.8. The van der Waals surface area contributed by atoms with E-state index in [9.17, 15) is 4.79 Å². The number of hydrogen-bond acceptors (Lipinski definition) is 3. The lowest BCUT2D eigenvalue weighted by molar-refractivity contribution is 0.0914.